The molecule has 0 radical (unpaired) electrons. The van der Waals surface area contributed by atoms with Crippen molar-refractivity contribution in [2.45, 2.75) is 13.0 Å². The average Bonchev–Trinajstić information content (AvgIpc) is 2.62. The summed E-state index contributed by atoms with van der Waals surface area (Å²) in [5.74, 6) is 1.63. The van der Waals surface area contributed by atoms with E-state index in [-0.39, 0.29) is 0 Å². The van der Waals surface area contributed by atoms with E-state index in [2.05, 4.69) is 10.6 Å². The second-order valence-corrected chi connectivity index (χ2v) is 6.43. The topological polar surface area (TPSA) is 42.5 Å². The Balaban J connectivity index is 1.65. The monoisotopic (exact) mass is 382 g/mol. The van der Waals surface area contributed by atoms with Crippen molar-refractivity contribution in [3.05, 3.63) is 57.6 Å². The number of ether oxygens (including phenoxy) is 2. The number of rotatable bonds is 10. The summed E-state index contributed by atoms with van der Waals surface area (Å²) in [6, 6.07) is 11.5. The molecule has 136 valence electrons. The first-order valence-electron chi connectivity index (χ1n) is 8.20. The lowest BCUT2D eigenvalue weighted by Crippen LogP contribution is -2.28. The molecule has 6 heteroatoms. The molecule has 0 saturated heterocycles. The highest BCUT2D eigenvalue weighted by molar-refractivity contribution is 6.35. The van der Waals surface area contributed by atoms with Gasteiger partial charge >= 0.3 is 0 Å². The normalized spacial score (nSPS) is 10.7. The first-order valence-corrected chi connectivity index (χ1v) is 8.96. The highest BCUT2D eigenvalue weighted by Gasteiger charge is 2.04. The minimum absolute atomic E-state index is 0.667. The van der Waals surface area contributed by atoms with Gasteiger partial charge in [-0.25, -0.2) is 0 Å². The van der Waals surface area contributed by atoms with Crippen LogP contribution >= 0.6 is 23.2 Å². The Morgan fingerprint density at radius 3 is 2.32 bits per heavy atom. The van der Waals surface area contributed by atoms with Crippen molar-refractivity contribution in [1.29, 1.82) is 0 Å². The van der Waals surface area contributed by atoms with Crippen LogP contribution in [0.15, 0.2) is 36.4 Å². The molecule has 0 saturated carbocycles. The van der Waals surface area contributed by atoms with Gasteiger partial charge < -0.3 is 20.1 Å². The Morgan fingerprint density at radius 2 is 1.60 bits per heavy atom. The molecule has 25 heavy (non-hydrogen) atoms. The van der Waals surface area contributed by atoms with E-state index in [1.165, 1.54) is 0 Å². The van der Waals surface area contributed by atoms with Crippen molar-refractivity contribution in [1.82, 2.24) is 10.6 Å². The molecule has 0 aliphatic rings. The second-order valence-electron chi connectivity index (χ2n) is 5.59. The van der Waals surface area contributed by atoms with Gasteiger partial charge in [-0.1, -0.05) is 35.3 Å². The number of halogens is 2. The van der Waals surface area contributed by atoms with Crippen LogP contribution in [-0.2, 0) is 13.0 Å². The number of nitrogens with one attached hydrogen (secondary N) is 2. The lowest BCUT2D eigenvalue weighted by Gasteiger charge is -2.12. The van der Waals surface area contributed by atoms with Crippen LogP contribution in [0.1, 0.15) is 11.1 Å². The van der Waals surface area contributed by atoms with Crippen LogP contribution in [-0.4, -0.2) is 33.9 Å². The maximum absolute atomic E-state index is 6.16. The average molecular weight is 383 g/mol. The lowest BCUT2D eigenvalue weighted by molar-refractivity contribution is 0.390. The summed E-state index contributed by atoms with van der Waals surface area (Å²) in [4.78, 5) is 0. The van der Waals surface area contributed by atoms with Crippen LogP contribution in [0.5, 0.6) is 11.5 Å². The molecule has 0 aliphatic carbocycles. The smallest absolute Gasteiger partial charge is 0.127 e. The summed E-state index contributed by atoms with van der Waals surface area (Å²) >= 11 is 12.1. The van der Waals surface area contributed by atoms with Gasteiger partial charge in [0.2, 0.25) is 0 Å². The first-order chi connectivity index (χ1) is 12.1. The zero-order valence-corrected chi connectivity index (χ0v) is 16.1. The largest absolute Gasteiger partial charge is 0.497 e. The third-order valence-corrected chi connectivity index (χ3v) is 4.46. The van der Waals surface area contributed by atoms with Gasteiger partial charge in [-0.05, 0) is 36.7 Å². The van der Waals surface area contributed by atoms with E-state index in [4.69, 9.17) is 32.7 Å². The molecule has 2 aromatic carbocycles. The van der Waals surface area contributed by atoms with Crippen LogP contribution in [0.4, 0.5) is 0 Å². The van der Waals surface area contributed by atoms with Crippen LogP contribution < -0.4 is 20.1 Å². The number of hydrogen-bond donors (Lipinski definition) is 2. The van der Waals surface area contributed by atoms with Gasteiger partial charge in [-0.2, -0.15) is 0 Å². The molecule has 0 bridgehead atoms. The minimum atomic E-state index is 0.667. The van der Waals surface area contributed by atoms with Crippen molar-refractivity contribution in [2.75, 3.05) is 33.9 Å². The Bertz CT molecular complexity index is 680. The van der Waals surface area contributed by atoms with E-state index in [0.717, 1.165) is 60.2 Å². The number of benzene rings is 2. The predicted molar refractivity (Wildman–Crippen MR) is 104 cm³/mol. The van der Waals surface area contributed by atoms with Crippen molar-refractivity contribution in [3.8, 4) is 11.5 Å². The summed E-state index contributed by atoms with van der Waals surface area (Å²) in [6.07, 6.45) is 0.877. The van der Waals surface area contributed by atoms with Crippen LogP contribution in [0, 0.1) is 0 Å². The fraction of sp³-hybridized carbons (Fsp3) is 0.368. The van der Waals surface area contributed by atoms with Gasteiger partial charge in [-0.3, -0.25) is 0 Å². The van der Waals surface area contributed by atoms with E-state index >= 15 is 0 Å². The zero-order valence-electron chi connectivity index (χ0n) is 14.6. The molecule has 2 N–H and O–H groups in total. The summed E-state index contributed by atoms with van der Waals surface area (Å²) < 4.78 is 10.6. The van der Waals surface area contributed by atoms with Gasteiger partial charge in [0.25, 0.3) is 0 Å². The molecule has 0 spiro atoms. The third-order valence-electron chi connectivity index (χ3n) is 3.87. The van der Waals surface area contributed by atoms with E-state index < -0.39 is 0 Å². The van der Waals surface area contributed by atoms with Crippen molar-refractivity contribution >= 4 is 23.2 Å². The van der Waals surface area contributed by atoms with Gasteiger partial charge in [0.15, 0.2) is 0 Å². The Morgan fingerprint density at radius 1 is 0.840 bits per heavy atom. The van der Waals surface area contributed by atoms with Gasteiger partial charge in [0.1, 0.15) is 11.5 Å². The molecule has 0 heterocycles. The maximum Gasteiger partial charge on any atom is 0.127 e. The van der Waals surface area contributed by atoms with Crippen molar-refractivity contribution in [3.63, 3.8) is 0 Å². The van der Waals surface area contributed by atoms with E-state index in [0.29, 0.717) is 5.02 Å². The molecule has 0 unspecified atom stereocenters. The lowest BCUT2D eigenvalue weighted by atomic mass is 10.1. The highest BCUT2D eigenvalue weighted by atomic mass is 35.5. The molecule has 0 atom stereocenters. The molecular formula is C19H24Cl2N2O2. The molecule has 0 aliphatic heterocycles. The van der Waals surface area contributed by atoms with Crippen molar-refractivity contribution in [2.24, 2.45) is 0 Å². The molecular weight excluding hydrogens is 359 g/mol. The second kappa shape index (κ2) is 10.5. The van der Waals surface area contributed by atoms with Crippen molar-refractivity contribution < 1.29 is 9.47 Å². The van der Waals surface area contributed by atoms with Gasteiger partial charge in [0.05, 0.1) is 14.2 Å². The fourth-order valence-electron chi connectivity index (χ4n) is 2.47. The summed E-state index contributed by atoms with van der Waals surface area (Å²) in [7, 11) is 3.32. The Hall–Kier alpha value is -1.46. The van der Waals surface area contributed by atoms with Gasteiger partial charge in [0, 0.05) is 41.3 Å². The standard InChI is InChI=1S/C19H24Cl2N2O2/c1-24-17-6-4-15(19(12-17)25-2)13-23-10-9-22-8-7-14-3-5-16(20)11-18(14)21/h3-6,11-12,22-23H,7-10,13H2,1-2H3. The van der Waals surface area contributed by atoms with E-state index in [9.17, 15) is 0 Å². The first kappa shape index (κ1) is 19.9. The Labute approximate surface area is 159 Å². The molecule has 4 nitrogen and oxygen atoms in total. The fourth-order valence-corrected chi connectivity index (χ4v) is 2.97. The highest BCUT2D eigenvalue weighted by Crippen LogP contribution is 2.24. The molecule has 0 fully saturated rings. The molecule has 2 aromatic rings. The van der Waals surface area contributed by atoms with Crippen LogP contribution in [0.25, 0.3) is 0 Å². The quantitative estimate of drug-likeness (QED) is 0.610. The molecule has 0 aromatic heterocycles. The summed E-state index contributed by atoms with van der Waals surface area (Å²) in [6.45, 7) is 3.36. The van der Waals surface area contributed by atoms with Crippen LogP contribution in [0.2, 0.25) is 10.0 Å². The number of hydrogen-bond acceptors (Lipinski definition) is 4. The predicted octanol–water partition coefficient (Wildman–Crippen LogP) is 3.93. The maximum atomic E-state index is 6.16. The summed E-state index contributed by atoms with van der Waals surface area (Å²) in [5, 5.41) is 8.20. The summed E-state index contributed by atoms with van der Waals surface area (Å²) in [5.41, 5.74) is 2.21. The molecule has 2 rings (SSSR count). The van der Waals surface area contributed by atoms with E-state index in [1.54, 1.807) is 20.3 Å². The molecule has 0 amide bonds. The number of methoxy groups -OCH3 is 2. The third kappa shape index (κ3) is 6.40. The van der Waals surface area contributed by atoms with Gasteiger partial charge in [-0.15, -0.1) is 0 Å². The zero-order chi connectivity index (χ0) is 18.1. The van der Waals surface area contributed by atoms with E-state index in [1.807, 2.05) is 30.3 Å². The SMILES string of the molecule is COc1ccc(CNCCNCCc2ccc(Cl)cc2Cl)c(OC)c1. The van der Waals surface area contributed by atoms with Crippen LogP contribution in [0.3, 0.4) is 0 Å². The minimum Gasteiger partial charge on any atom is -0.497 e. The Kier molecular flexibility index (Phi) is 8.35.